The molecule has 1 aromatic rings. The Balaban J connectivity index is 2.55. The quantitative estimate of drug-likeness (QED) is 0.851. The first-order chi connectivity index (χ1) is 7.50. The summed E-state index contributed by atoms with van der Waals surface area (Å²) in [4.78, 5) is 5.00. The summed E-state index contributed by atoms with van der Waals surface area (Å²) in [5, 5.41) is 0.443. The second-order valence-electron chi connectivity index (χ2n) is 4.40. The molecule has 1 heterocycles. The minimum atomic E-state index is 0.213. The fourth-order valence-electron chi connectivity index (χ4n) is 1.46. The summed E-state index contributed by atoms with van der Waals surface area (Å²) in [6, 6.07) is 4.61. The molecule has 4 heteroatoms. The second-order valence-corrected chi connectivity index (χ2v) is 6.97. The number of nitrogens with zero attached hydrogens (tertiary/aromatic N) is 1. The van der Waals surface area contributed by atoms with Crippen LogP contribution in [0, 0.1) is 6.92 Å². The van der Waals surface area contributed by atoms with Crippen LogP contribution in [-0.2, 0) is 0 Å². The molecule has 0 bridgehead atoms. The smallest absolute Gasteiger partial charge is 0.0540 e. The summed E-state index contributed by atoms with van der Waals surface area (Å²) < 4.78 is 0. The van der Waals surface area contributed by atoms with Gasteiger partial charge in [0.15, 0.2) is 0 Å². The second kappa shape index (κ2) is 6.64. The first-order valence-electron chi connectivity index (χ1n) is 5.59. The molecule has 0 aliphatic rings. The maximum absolute atomic E-state index is 6.07. The molecule has 0 saturated heterocycles. The Bertz CT molecular complexity index is 308. The molecule has 0 spiro atoms. The molecular weight excluding hydrogens is 236 g/mol. The lowest BCUT2D eigenvalue weighted by atomic mass is 10.2. The van der Waals surface area contributed by atoms with Crippen LogP contribution in [0.4, 0.5) is 0 Å². The average molecular weight is 258 g/mol. The minimum absolute atomic E-state index is 0.213. The molecule has 2 atom stereocenters. The third-order valence-electron chi connectivity index (χ3n) is 2.36. The first-order valence-corrected chi connectivity index (χ1v) is 7.45. The van der Waals surface area contributed by atoms with Gasteiger partial charge in [0.05, 0.1) is 5.25 Å². The van der Waals surface area contributed by atoms with E-state index in [2.05, 4.69) is 45.0 Å². The van der Waals surface area contributed by atoms with Crippen molar-refractivity contribution in [3.05, 3.63) is 21.9 Å². The summed E-state index contributed by atoms with van der Waals surface area (Å²) in [6.45, 7) is 5.36. The van der Waals surface area contributed by atoms with E-state index < -0.39 is 0 Å². The van der Waals surface area contributed by atoms with Crippen molar-refractivity contribution in [1.29, 1.82) is 0 Å². The number of hydrogen-bond donors (Lipinski definition) is 1. The Hall–Kier alpha value is -0.0300. The topological polar surface area (TPSA) is 29.3 Å². The van der Waals surface area contributed by atoms with Gasteiger partial charge in [0, 0.05) is 28.1 Å². The van der Waals surface area contributed by atoms with Crippen molar-refractivity contribution in [3.63, 3.8) is 0 Å². The number of aryl methyl sites for hydroxylation is 1. The van der Waals surface area contributed by atoms with Gasteiger partial charge in [-0.2, -0.15) is 0 Å². The standard InChI is InChI=1S/C12H22N2S2/c1-9-5-6-11(16-9)12(10(2)13)15-8-7-14(3)4/h5-6,10,12H,7-8,13H2,1-4H3. The first kappa shape index (κ1) is 14.0. The van der Waals surface area contributed by atoms with E-state index in [0.717, 1.165) is 12.3 Å². The normalized spacial score (nSPS) is 15.4. The van der Waals surface area contributed by atoms with Crippen LogP contribution in [0.3, 0.4) is 0 Å². The van der Waals surface area contributed by atoms with E-state index in [1.165, 1.54) is 9.75 Å². The molecule has 0 saturated carbocycles. The fraction of sp³-hybridized carbons (Fsp3) is 0.667. The Kier molecular flexibility index (Phi) is 5.83. The van der Waals surface area contributed by atoms with Gasteiger partial charge in [0.25, 0.3) is 0 Å². The van der Waals surface area contributed by atoms with Gasteiger partial charge < -0.3 is 10.6 Å². The molecule has 2 N–H and O–H groups in total. The molecular formula is C12H22N2S2. The summed E-state index contributed by atoms with van der Waals surface area (Å²) in [5.74, 6) is 1.14. The van der Waals surface area contributed by atoms with Crippen molar-refractivity contribution in [2.24, 2.45) is 5.73 Å². The summed E-state index contributed by atoms with van der Waals surface area (Å²) >= 11 is 3.84. The maximum atomic E-state index is 6.07. The summed E-state index contributed by atoms with van der Waals surface area (Å²) in [7, 11) is 4.22. The highest BCUT2D eigenvalue weighted by molar-refractivity contribution is 7.99. The van der Waals surface area contributed by atoms with Crippen LogP contribution in [-0.4, -0.2) is 37.3 Å². The average Bonchev–Trinajstić information content (AvgIpc) is 2.58. The van der Waals surface area contributed by atoms with E-state index >= 15 is 0 Å². The number of hydrogen-bond acceptors (Lipinski definition) is 4. The Labute approximate surface area is 107 Å². The third-order valence-corrected chi connectivity index (χ3v) is 5.05. The maximum Gasteiger partial charge on any atom is 0.0540 e. The molecule has 92 valence electrons. The van der Waals surface area contributed by atoms with Gasteiger partial charge in [0.2, 0.25) is 0 Å². The van der Waals surface area contributed by atoms with Crippen LogP contribution in [0.5, 0.6) is 0 Å². The number of thioether (sulfide) groups is 1. The van der Waals surface area contributed by atoms with E-state index in [1.54, 1.807) is 0 Å². The van der Waals surface area contributed by atoms with Crippen LogP contribution < -0.4 is 5.73 Å². The number of rotatable bonds is 6. The summed E-state index contributed by atoms with van der Waals surface area (Å²) in [5.41, 5.74) is 6.07. The molecule has 2 unspecified atom stereocenters. The molecule has 1 rings (SSSR count). The van der Waals surface area contributed by atoms with Crippen molar-refractivity contribution < 1.29 is 0 Å². The zero-order chi connectivity index (χ0) is 12.1. The van der Waals surface area contributed by atoms with Crippen LogP contribution in [0.15, 0.2) is 12.1 Å². The monoisotopic (exact) mass is 258 g/mol. The zero-order valence-corrected chi connectivity index (χ0v) is 12.2. The Morgan fingerprint density at radius 1 is 1.44 bits per heavy atom. The molecule has 0 amide bonds. The van der Waals surface area contributed by atoms with E-state index in [1.807, 2.05) is 23.1 Å². The van der Waals surface area contributed by atoms with E-state index in [0.29, 0.717) is 5.25 Å². The Morgan fingerprint density at radius 2 is 2.12 bits per heavy atom. The van der Waals surface area contributed by atoms with E-state index in [4.69, 9.17) is 5.73 Å². The fourth-order valence-corrected chi connectivity index (χ4v) is 4.06. The van der Waals surface area contributed by atoms with Gasteiger partial charge in [-0.15, -0.1) is 23.1 Å². The van der Waals surface area contributed by atoms with E-state index in [9.17, 15) is 0 Å². The van der Waals surface area contributed by atoms with Gasteiger partial charge >= 0.3 is 0 Å². The number of thiophene rings is 1. The summed E-state index contributed by atoms with van der Waals surface area (Å²) in [6.07, 6.45) is 0. The van der Waals surface area contributed by atoms with Crippen LogP contribution >= 0.6 is 23.1 Å². The molecule has 16 heavy (non-hydrogen) atoms. The molecule has 0 radical (unpaired) electrons. The lowest BCUT2D eigenvalue weighted by Gasteiger charge is -2.20. The van der Waals surface area contributed by atoms with Crippen molar-refractivity contribution in [3.8, 4) is 0 Å². The van der Waals surface area contributed by atoms with Gasteiger partial charge in [-0.1, -0.05) is 0 Å². The minimum Gasteiger partial charge on any atom is -0.327 e. The Morgan fingerprint density at radius 3 is 2.56 bits per heavy atom. The van der Waals surface area contributed by atoms with Crippen molar-refractivity contribution >= 4 is 23.1 Å². The van der Waals surface area contributed by atoms with E-state index in [-0.39, 0.29) is 6.04 Å². The molecule has 0 aliphatic heterocycles. The molecule has 1 aromatic heterocycles. The molecule has 0 aromatic carbocycles. The lowest BCUT2D eigenvalue weighted by Crippen LogP contribution is -2.23. The molecule has 2 nitrogen and oxygen atoms in total. The number of nitrogens with two attached hydrogens (primary N) is 1. The predicted molar refractivity (Wildman–Crippen MR) is 76.5 cm³/mol. The third kappa shape index (κ3) is 4.45. The predicted octanol–water partition coefficient (Wildman–Crippen LogP) is 2.74. The van der Waals surface area contributed by atoms with Crippen LogP contribution in [0.25, 0.3) is 0 Å². The van der Waals surface area contributed by atoms with Gasteiger partial charge in [0.1, 0.15) is 0 Å². The highest BCUT2D eigenvalue weighted by Gasteiger charge is 2.18. The van der Waals surface area contributed by atoms with Crippen molar-refractivity contribution in [2.75, 3.05) is 26.4 Å². The SMILES string of the molecule is Cc1ccc(C(SCCN(C)C)C(C)N)s1. The zero-order valence-electron chi connectivity index (χ0n) is 10.6. The van der Waals surface area contributed by atoms with Crippen molar-refractivity contribution in [1.82, 2.24) is 4.90 Å². The highest BCUT2D eigenvalue weighted by Crippen LogP contribution is 2.35. The highest BCUT2D eigenvalue weighted by atomic mass is 32.2. The van der Waals surface area contributed by atoms with Crippen molar-refractivity contribution in [2.45, 2.75) is 25.1 Å². The lowest BCUT2D eigenvalue weighted by molar-refractivity contribution is 0.437. The van der Waals surface area contributed by atoms with Gasteiger partial charge in [-0.25, -0.2) is 0 Å². The van der Waals surface area contributed by atoms with Gasteiger partial charge in [-0.05, 0) is 40.1 Å². The molecule has 0 fully saturated rings. The van der Waals surface area contributed by atoms with Crippen LogP contribution in [0.2, 0.25) is 0 Å². The van der Waals surface area contributed by atoms with Crippen LogP contribution in [0.1, 0.15) is 21.9 Å². The molecule has 0 aliphatic carbocycles. The van der Waals surface area contributed by atoms with Gasteiger partial charge in [-0.3, -0.25) is 0 Å². The largest absolute Gasteiger partial charge is 0.327 e.